The number of benzene rings is 2. The molecule has 1 unspecified atom stereocenters. The van der Waals surface area contributed by atoms with Crippen molar-refractivity contribution in [1.29, 1.82) is 0 Å². The van der Waals surface area contributed by atoms with Gasteiger partial charge in [-0.2, -0.15) is 0 Å². The first-order chi connectivity index (χ1) is 17.6. The van der Waals surface area contributed by atoms with Crippen molar-refractivity contribution >= 4 is 17.6 Å². The zero-order chi connectivity index (χ0) is 24.9. The van der Waals surface area contributed by atoms with Gasteiger partial charge < -0.3 is 15.0 Å². The van der Waals surface area contributed by atoms with E-state index in [-0.39, 0.29) is 24.0 Å². The molecule has 3 heterocycles. The van der Waals surface area contributed by atoms with Crippen LogP contribution in [-0.4, -0.2) is 67.1 Å². The summed E-state index contributed by atoms with van der Waals surface area (Å²) in [6.07, 6.45) is 4.35. The molecule has 0 bridgehead atoms. The van der Waals surface area contributed by atoms with Crippen LogP contribution < -0.4 is 15.0 Å². The highest BCUT2D eigenvalue weighted by molar-refractivity contribution is 5.94. The molecule has 1 atom stereocenters. The molecule has 0 aromatic heterocycles. The van der Waals surface area contributed by atoms with Gasteiger partial charge in [0.2, 0.25) is 5.91 Å². The number of nitrogens with one attached hydrogen (secondary N) is 1. The number of nitrogens with zero attached hydrogens (tertiary/aromatic N) is 3. The molecule has 3 aliphatic heterocycles. The van der Waals surface area contributed by atoms with Gasteiger partial charge >= 0.3 is 6.03 Å². The molecule has 1 fully saturated rings. The Morgan fingerprint density at radius 2 is 1.75 bits per heavy atom. The molecule has 7 heteroatoms. The molecule has 5 rings (SSSR count). The van der Waals surface area contributed by atoms with E-state index in [2.05, 4.69) is 41.4 Å². The number of carbonyl (C=O) groups is 2. The predicted molar refractivity (Wildman–Crippen MR) is 141 cm³/mol. The summed E-state index contributed by atoms with van der Waals surface area (Å²) in [5.74, 6) is 0.886. The average Bonchev–Trinajstić information content (AvgIpc) is 2.94. The number of carbonyl (C=O) groups excluding carboxylic acids is 2. The van der Waals surface area contributed by atoms with Crippen LogP contribution in [0.2, 0.25) is 0 Å². The molecular formula is C29H38N4O3. The Kier molecular flexibility index (Phi) is 7.75. The van der Waals surface area contributed by atoms with Crippen molar-refractivity contribution in [2.45, 2.75) is 51.7 Å². The van der Waals surface area contributed by atoms with Gasteiger partial charge in [-0.25, -0.2) is 4.79 Å². The summed E-state index contributed by atoms with van der Waals surface area (Å²) in [5.41, 5.74) is 3.74. The minimum atomic E-state index is -0.0173. The number of likely N-dealkylation sites (tertiary alicyclic amines) is 1. The zero-order valence-corrected chi connectivity index (χ0v) is 21.3. The van der Waals surface area contributed by atoms with Crippen molar-refractivity contribution in [2.75, 3.05) is 44.2 Å². The Morgan fingerprint density at radius 1 is 1.00 bits per heavy atom. The third kappa shape index (κ3) is 5.51. The molecule has 0 spiro atoms. The first kappa shape index (κ1) is 24.6. The highest BCUT2D eigenvalue weighted by Gasteiger charge is 2.34. The summed E-state index contributed by atoms with van der Waals surface area (Å²) in [5, 5.41) is 3.15. The maximum absolute atomic E-state index is 13.4. The molecule has 1 N–H and O–H groups in total. The normalized spacial score (nSPS) is 20.3. The van der Waals surface area contributed by atoms with Gasteiger partial charge in [0.15, 0.2) is 0 Å². The summed E-state index contributed by atoms with van der Waals surface area (Å²) >= 11 is 0. The maximum atomic E-state index is 13.4. The highest BCUT2D eigenvalue weighted by atomic mass is 16.5. The number of anilines is 1. The Balaban J connectivity index is 1.05. The molecule has 0 saturated carbocycles. The van der Waals surface area contributed by atoms with E-state index in [4.69, 9.17) is 4.74 Å². The summed E-state index contributed by atoms with van der Waals surface area (Å²) in [7, 11) is 0. The predicted octanol–water partition coefficient (Wildman–Crippen LogP) is 4.06. The zero-order valence-electron chi connectivity index (χ0n) is 21.3. The van der Waals surface area contributed by atoms with Crippen molar-refractivity contribution in [3.63, 3.8) is 0 Å². The second kappa shape index (κ2) is 11.3. The third-order valence-electron chi connectivity index (χ3n) is 7.82. The number of urea groups is 1. The number of rotatable bonds is 6. The highest BCUT2D eigenvalue weighted by Crippen LogP contribution is 2.35. The van der Waals surface area contributed by atoms with Gasteiger partial charge in [0.1, 0.15) is 11.9 Å². The quantitative estimate of drug-likeness (QED) is 0.621. The SMILES string of the molecule is CCC1CN(C(=O)N2CCC(C(=O)NCCCN3CCc4ccccc4C3)CC2)c2ccccc2O1. The molecule has 2 aromatic rings. The fourth-order valence-electron chi connectivity index (χ4n) is 5.60. The van der Waals surface area contributed by atoms with E-state index in [1.165, 1.54) is 11.1 Å². The molecular weight excluding hydrogens is 452 g/mol. The molecule has 7 nitrogen and oxygen atoms in total. The minimum Gasteiger partial charge on any atom is -0.486 e. The molecule has 36 heavy (non-hydrogen) atoms. The van der Waals surface area contributed by atoms with Crippen LogP contribution in [0.5, 0.6) is 5.75 Å². The van der Waals surface area contributed by atoms with Crippen LogP contribution in [-0.2, 0) is 17.8 Å². The maximum Gasteiger partial charge on any atom is 0.324 e. The second-order valence-electron chi connectivity index (χ2n) is 10.2. The summed E-state index contributed by atoms with van der Waals surface area (Å²) in [6.45, 7) is 7.67. The van der Waals surface area contributed by atoms with E-state index < -0.39 is 0 Å². The van der Waals surface area contributed by atoms with Crippen LogP contribution >= 0.6 is 0 Å². The van der Waals surface area contributed by atoms with E-state index >= 15 is 0 Å². The number of para-hydroxylation sites is 2. The largest absolute Gasteiger partial charge is 0.486 e. The van der Waals surface area contributed by atoms with Gasteiger partial charge in [0.25, 0.3) is 0 Å². The fourth-order valence-corrected chi connectivity index (χ4v) is 5.60. The molecule has 3 amide bonds. The number of hydrogen-bond donors (Lipinski definition) is 1. The van der Waals surface area contributed by atoms with Gasteiger partial charge in [0.05, 0.1) is 12.2 Å². The van der Waals surface area contributed by atoms with Gasteiger partial charge in [-0.1, -0.05) is 43.3 Å². The van der Waals surface area contributed by atoms with E-state index in [0.29, 0.717) is 39.0 Å². The lowest BCUT2D eigenvalue weighted by atomic mass is 9.96. The third-order valence-corrected chi connectivity index (χ3v) is 7.82. The second-order valence-corrected chi connectivity index (χ2v) is 10.2. The van der Waals surface area contributed by atoms with Crippen LogP contribution in [0.1, 0.15) is 43.7 Å². The van der Waals surface area contributed by atoms with Crippen LogP contribution in [0, 0.1) is 5.92 Å². The van der Waals surface area contributed by atoms with E-state index in [1.54, 1.807) is 0 Å². The van der Waals surface area contributed by atoms with E-state index in [1.807, 2.05) is 34.1 Å². The Labute approximate surface area is 214 Å². The van der Waals surface area contributed by atoms with Crippen LogP contribution in [0.25, 0.3) is 0 Å². The summed E-state index contributed by atoms with van der Waals surface area (Å²) in [6, 6.07) is 16.5. The van der Waals surface area contributed by atoms with Crippen molar-refractivity contribution in [1.82, 2.24) is 15.1 Å². The van der Waals surface area contributed by atoms with Gasteiger partial charge in [-0.3, -0.25) is 14.6 Å². The van der Waals surface area contributed by atoms with Crippen LogP contribution in [0.4, 0.5) is 10.5 Å². The van der Waals surface area contributed by atoms with Crippen molar-refractivity contribution in [2.24, 2.45) is 5.92 Å². The number of piperidine rings is 1. The molecule has 2 aromatic carbocycles. The molecule has 0 aliphatic carbocycles. The lowest BCUT2D eigenvalue weighted by Gasteiger charge is -2.39. The van der Waals surface area contributed by atoms with E-state index in [0.717, 1.165) is 50.3 Å². The summed E-state index contributed by atoms with van der Waals surface area (Å²) < 4.78 is 6.03. The number of amides is 3. The van der Waals surface area contributed by atoms with Crippen molar-refractivity contribution < 1.29 is 14.3 Å². The minimum absolute atomic E-state index is 0.00634. The smallest absolute Gasteiger partial charge is 0.324 e. The average molecular weight is 491 g/mol. The molecule has 1 saturated heterocycles. The Bertz CT molecular complexity index is 1070. The van der Waals surface area contributed by atoms with Gasteiger partial charge in [0, 0.05) is 45.2 Å². The first-order valence-electron chi connectivity index (χ1n) is 13.5. The fraction of sp³-hybridized carbons (Fsp3) is 0.517. The van der Waals surface area contributed by atoms with Crippen LogP contribution in [0.3, 0.4) is 0 Å². The standard InChI is InChI=1S/C29H38N4O3/c1-2-25-21-33(26-10-5-6-11-27(26)36-25)29(35)32-18-13-23(14-19-32)28(34)30-15-7-16-31-17-12-22-8-3-4-9-24(22)20-31/h3-6,8-11,23,25H,2,7,12-21H2,1H3,(H,30,34). The van der Waals surface area contributed by atoms with E-state index in [9.17, 15) is 9.59 Å². The Hall–Kier alpha value is -3.06. The summed E-state index contributed by atoms with van der Waals surface area (Å²) in [4.78, 5) is 32.4. The number of hydrogen-bond acceptors (Lipinski definition) is 4. The molecule has 192 valence electrons. The van der Waals surface area contributed by atoms with Gasteiger partial charge in [-0.05, 0) is 55.4 Å². The molecule has 0 radical (unpaired) electrons. The van der Waals surface area contributed by atoms with Crippen molar-refractivity contribution in [3.05, 3.63) is 59.7 Å². The van der Waals surface area contributed by atoms with Gasteiger partial charge in [-0.15, -0.1) is 0 Å². The number of fused-ring (bicyclic) bond motifs is 2. The Morgan fingerprint density at radius 3 is 2.56 bits per heavy atom. The van der Waals surface area contributed by atoms with Crippen molar-refractivity contribution in [3.8, 4) is 5.75 Å². The van der Waals surface area contributed by atoms with Crippen LogP contribution in [0.15, 0.2) is 48.5 Å². The molecule has 3 aliphatic rings. The lowest BCUT2D eigenvalue weighted by molar-refractivity contribution is -0.126. The lowest BCUT2D eigenvalue weighted by Crippen LogP contribution is -2.52. The number of ether oxygens (including phenoxy) is 1. The topological polar surface area (TPSA) is 65.1 Å². The first-order valence-corrected chi connectivity index (χ1v) is 13.5. The monoisotopic (exact) mass is 490 g/mol.